The zero-order chi connectivity index (χ0) is 26.5. The molecule has 1 heterocycles. The van der Waals surface area contributed by atoms with Crippen LogP contribution in [0.4, 0.5) is 0 Å². The number of ether oxygens (including phenoxy) is 2. The molecular weight excluding hydrogens is 448 g/mol. The van der Waals surface area contributed by atoms with Crippen LogP contribution < -0.4 is 0 Å². The van der Waals surface area contributed by atoms with Gasteiger partial charge < -0.3 is 14.6 Å². The van der Waals surface area contributed by atoms with Gasteiger partial charge in [-0.25, -0.2) is 0 Å². The van der Waals surface area contributed by atoms with E-state index < -0.39 is 5.60 Å². The van der Waals surface area contributed by atoms with Crippen molar-refractivity contribution in [2.75, 3.05) is 0 Å². The molecule has 5 aliphatic rings. The second-order valence-electron chi connectivity index (χ2n) is 15.8. The molecule has 206 valence electrons. The molecule has 2 unspecified atom stereocenters. The Morgan fingerprint density at radius 1 is 0.750 bits per heavy atom. The summed E-state index contributed by atoms with van der Waals surface area (Å²) in [6.45, 7) is 20.8. The zero-order valence-corrected chi connectivity index (χ0v) is 24.7. The van der Waals surface area contributed by atoms with E-state index in [1.165, 1.54) is 44.9 Å². The zero-order valence-electron chi connectivity index (χ0n) is 24.7. The number of aliphatic hydroxyl groups excluding tert-OH is 1. The molecule has 4 nitrogen and oxygen atoms in total. The highest BCUT2D eigenvalue weighted by atomic mass is 16.5. The number of aliphatic hydroxyl groups is 1. The van der Waals surface area contributed by atoms with Crippen LogP contribution in [0.25, 0.3) is 0 Å². The minimum atomic E-state index is -0.467. The highest BCUT2D eigenvalue weighted by molar-refractivity contribution is 5.66. The molecule has 5 rings (SSSR count). The number of carbonyl (C=O) groups excluding carboxylic acids is 1. The Kier molecular flexibility index (Phi) is 6.14. The van der Waals surface area contributed by atoms with Crippen molar-refractivity contribution < 1.29 is 19.4 Å². The summed E-state index contributed by atoms with van der Waals surface area (Å²) in [5.74, 6) is 2.46. The van der Waals surface area contributed by atoms with Crippen molar-refractivity contribution in [2.24, 2.45) is 45.3 Å². The van der Waals surface area contributed by atoms with Gasteiger partial charge in [0.25, 0.3) is 0 Å². The molecule has 4 heteroatoms. The van der Waals surface area contributed by atoms with Crippen molar-refractivity contribution in [3.05, 3.63) is 0 Å². The van der Waals surface area contributed by atoms with Crippen molar-refractivity contribution in [1.82, 2.24) is 0 Å². The lowest BCUT2D eigenvalue weighted by Gasteiger charge is -2.70. The number of esters is 1. The fraction of sp³-hybridized carbons (Fsp3) is 0.969. The normalized spacial score (nSPS) is 53.6. The van der Waals surface area contributed by atoms with E-state index in [1.54, 1.807) is 6.92 Å². The van der Waals surface area contributed by atoms with Gasteiger partial charge in [0.15, 0.2) is 0 Å². The molecule has 0 amide bonds. The molecule has 10 atom stereocenters. The maximum Gasteiger partial charge on any atom is 0.302 e. The molecule has 0 radical (unpaired) electrons. The lowest BCUT2D eigenvalue weighted by Crippen LogP contribution is -2.64. The Labute approximate surface area is 220 Å². The van der Waals surface area contributed by atoms with Crippen LogP contribution in [0.1, 0.15) is 127 Å². The summed E-state index contributed by atoms with van der Waals surface area (Å²) < 4.78 is 12.7. The molecule has 0 bridgehead atoms. The average Bonchev–Trinajstić information content (AvgIpc) is 3.12. The summed E-state index contributed by atoms with van der Waals surface area (Å²) in [4.78, 5) is 11.9. The summed E-state index contributed by atoms with van der Waals surface area (Å²) in [6, 6.07) is 0. The molecule has 5 fully saturated rings. The van der Waals surface area contributed by atoms with Gasteiger partial charge in [0, 0.05) is 12.3 Å². The van der Waals surface area contributed by atoms with E-state index in [-0.39, 0.29) is 29.2 Å². The van der Waals surface area contributed by atoms with Gasteiger partial charge in [0.2, 0.25) is 0 Å². The van der Waals surface area contributed by atoms with Crippen molar-refractivity contribution in [3.8, 4) is 0 Å². The Morgan fingerprint density at radius 2 is 1.42 bits per heavy atom. The third kappa shape index (κ3) is 3.55. The Morgan fingerprint density at radius 3 is 2.06 bits per heavy atom. The van der Waals surface area contributed by atoms with Crippen LogP contribution in [-0.2, 0) is 14.3 Å². The Bertz CT molecular complexity index is 895. The van der Waals surface area contributed by atoms with Gasteiger partial charge in [0.05, 0.1) is 17.3 Å². The van der Waals surface area contributed by atoms with Gasteiger partial charge in [-0.3, -0.25) is 4.79 Å². The maximum atomic E-state index is 11.9. The van der Waals surface area contributed by atoms with E-state index >= 15 is 0 Å². The van der Waals surface area contributed by atoms with E-state index in [0.717, 1.165) is 25.2 Å². The van der Waals surface area contributed by atoms with E-state index in [9.17, 15) is 9.90 Å². The van der Waals surface area contributed by atoms with Crippen LogP contribution in [-0.4, -0.2) is 34.5 Å². The second-order valence-corrected chi connectivity index (χ2v) is 15.8. The molecule has 4 aliphatic carbocycles. The lowest BCUT2D eigenvalue weighted by molar-refractivity contribution is -0.254. The summed E-state index contributed by atoms with van der Waals surface area (Å²) in [6.07, 6.45) is 11.4. The molecule has 0 aromatic carbocycles. The fourth-order valence-electron chi connectivity index (χ4n) is 11.6. The SMILES string of the molecule is CC(=O)O[C@@H]1CC[C@]2(C)C(CC[C@@]3(C)C2CC[C@H]2[C@H]([C@@]4(C)CC[C@@H](O)C(C)(C)O4)CC[C@@]23C)C1(C)C. The monoisotopic (exact) mass is 502 g/mol. The topological polar surface area (TPSA) is 55.8 Å². The average molecular weight is 503 g/mol. The van der Waals surface area contributed by atoms with E-state index in [4.69, 9.17) is 9.47 Å². The molecule has 0 aromatic rings. The molecule has 0 spiro atoms. The molecule has 1 N–H and O–H groups in total. The van der Waals surface area contributed by atoms with Crippen molar-refractivity contribution >= 4 is 5.97 Å². The highest BCUT2D eigenvalue weighted by Gasteiger charge is 2.70. The molecular formula is C32H54O4. The van der Waals surface area contributed by atoms with E-state index in [0.29, 0.717) is 34.0 Å². The molecule has 1 saturated heterocycles. The Hall–Kier alpha value is -0.610. The van der Waals surface area contributed by atoms with Gasteiger partial charge in [-0.2, -0.15) is 0 Å². The second kappa shape index (κ2) is 8.20. The first-order valence-electron chi connectivity index (χ1n) is 15.1. The molecule has 4 saturated carbocycles. The van der Waals surface area contributed by atoms with Crippen LogP contribution in [0.2, 0.25) is 0 Å². The van der Waals surface area contributed by atoms with Gasteiger partial charge in [-0.05, 0) is 125 Å². The minimum Gasteiger partial charge on any atom is -0.462 e. The van der Waals surface area contributed by atoms with Gasteiger partial charge in [-0.1, -0.05) is 34.6 Å². The first-order valence-corrected chi connectivity index (χ1v) is 15.1. The number of carbonyl (C=O) groups is 1. The van der Waals surface area contributed by atoms with Crippen LogP contribution in [0.3, 0.4) is 0 Å². The number of hydrogen-bond donors (Lipinski definition) is 1. The molecule has 36 heavy (non-hydrogen) atoms. The summed E-state index contributed by atoms with van der Waals surface area (Å²) >= 11 is 0. The van der Waals surface area contributed by atoms with Crippen LogP contribution in [0.15, 0.2) is 0 Å². The van der Waals surface area contributed by atoms with Crippen molar-refractivity contribution in [3.63, 3.8) is 0 Å². The van der Waals surface area contributed by atoms with Crippen LogP contribution >= 0.6 is 0 Å². The van der Waals surface area contributed by atoms with E-state index in [2.05, 4.69) is 55.4 Å². The smallest absolute Gasteiger partial charge is 0.302 e. The van der Waals surface area contributed by atoms with Crippen molar-refractivity contribution in [2.45, 2.75) is 150 Å². The summed E-state index contributed by atoms with van der Waals surface area (Å²) in [5, 5.41) is 10.6. The van der Waals surface area contributed by atoms with Crippen LogP contribution in [0.5, 0.6) is 0 Å². The van der Waals surface area contributed by atoms with Gasteiger partial charge >= 0.3 is 5.97 Å². The minimum absolute atomic E-state index is 0.0196. The number of rotatable bonds is 2. The fourth-order valence-corrected chi connectivity index (χ4v) is 11.6. The molecule has 1 aliphatic heterocycles. The first kappa shape index (κ1) is 27.0. The predicted molar refractivity (Wildman–Crippen MR) is 143 cm³/mol. The summed E-state index contributed by atoms with van der Waals surface area (Å²) in [5.41, 5.74) is 0.380. The predicted octanol–water partition coefficient (Wildman–Crippen LogP) is 7.31. The van der Waals surface area contributed by atoms with Crippen LogP contribution in [0, 0.1) is 45.3 Å². The van der Waals surface area contributed by atoms with Gasteiger partial charge in [0.1, 0.15) is 6.10 Å². The maximum absolute atomic E-state index is 11.9. The lowest BCUT2D eigenvalue weighted by atomic mass is 9.35. The standard InChI is InChI=1S/C32H54O4/c1-20(33)35-26-15-16-29(6)23(27(26,2)3)13-18-31(8)24(29)11-10-21-22(12-17-30(21,31)7)32(9)19-14-25(34)28(4,5)36-32/h21-26,34H,10-19H2,1-9H3/t21-,22+,23?,24?,25+,26+,29+,30-,31-,32+/m0/s1. The van der Waals surface area contributed by atoms with Gasteiger partial charge in [-0.15, -0.1) is 0 Å². The highest BCUT2D eigenvalue weighted by Crippen LogP contribution is 2.76. The number of hydrogen-bond acceptors (Lipinski definition) is 4. The Balaban J connectivity index is 1.43. The summed E-state index contributed by atoms with van der Waals surface area (Å²) in [7, 11) is 0. The quantitative estimate of drug-likeness (QED) is 0.402. The third-order valence-electron chi connectivity index (χ3n) is 13.6. The number of fused-ring (bicyclic) bond motifs is 5. The largest absolute Gasteiger partial charge is 0.462 e. The third-order valence-corrected chi connectivity index (χ3v) is 13.6. The van der Waals surface area contributed by atoms with Crippen molar-refractivity contribution in [1.29, 1.82) is 0 Å². The molecule has 0 aromatic heterocycles. The van der Waals surface area contributed by atoms with E-state index in [1.807, 2.05) is 0 Å². The first-order chi connectivity index (χ1) is 16.5.